The van der Waals surface area contributed by atoms with Crippen LogP contribution in [0.5, 0.6) is 0 Å². The topological polar surface area (TPSA) is 57.5 Å². The number of rotatable bonds is 2. The van der Waals surface area contributed by atoms with E-state index in [2.05, 4.69) is 48.1 Å². The number of aliphatic hydroxyl groups is 1. The quantitative estimate of drug-likeness (QED) is 0.436. The highest BCUT2D eigenvalue weighted by molar-refractivity contribution is 5.76. The number of allylic oxidation sites excluding steroid dienone is 1. The molecule has 33 heavy (non-hydrogen) atoms. The maximum absolute atomic E-state index is 12.8. The van der Waals surface area contributed by atoms with Crippen LogP contribution in [0.4, 0.5) is 0 Å². The van der Waals surface area contributed by atoms with Crippen LogP contribution >= 0.6 is 0 Å². The highest BCUT2D eigenvalue weighted by Gasteiger charge is 2.71. The van der Waals surface area contributed by atoms with E-state index in [1.54, 1.807) is 0 Å². The first-order valence-corrected chi connectivity index (χ1v) is 13.8. The Bertz CT molecular complexity index is 861. The molecule has 186 valence electrons. The van der Waals surface area contributed by atoms with Crippen LogP contribution in [0.1, 0.15) is 106 Å². The molecule has 5 aliphatic carbocycles. The van der Waals surface area contributed by atoms with Gasteiger partial charge in [-0.25, -0.2) is 0 Å². The van der Waals surface area contributed by atoms with Crippen LogP contribution in [0.15, 0.2) is 12.2 Å². The Labute approximate surface area is 201 Å². The van der Waals surface area contributed by atoms with Crippen LogP contribution in [0.25, 0.3) is 0 Å². The largest absolute Gasteiger partial charge is 0.481 e. The minimum absolute atomic E-state index is 0.0202. The Kier molecular flexibility index (Phi) is 5.15. The zero-order valence-electron chi connectivity index (χ0n) is 22.0. The van der Waals surface area contributed by atoms with Gasteiger partial charge < -0.3 is 10.2 Å². The van der Waals surface area contributed by atoms with Gasteiger partial charge in [-0.15, -0.1) is 0 Å². The van der Waals surface area contributed by atoms with Gasteiger partial charge in [0.2, 0.25) is 0 Å². The zero-order valence-corrected chi connectivity index (χ0v) is 22.0. The minimum Gasteiger partial charge on any atom is -0.481 e. The molecule has 0 aliphatic heterocycles. The standard InChI is InChI=1S/C30H48O3/c1-18(2)19-10-15-30(25(32)33)17-16-28(6)20(24(19)30)8-9-22-27(5)13-12-23(31)26(3,4)21(27)11-14-29(22,28)7/h19-24,31H,1,8-17H2,2-7H3,(H,32,33)/t19?,20?,21?,22?,23?,24?,27-,28+,29+,30?/m0/s1. The van der Waals surface area contributed by atoms with Crippen molar-refractivity contribution in [3.8, 4) is 0 Å². The molecule has 0 radical (unpaired) electrons. The summed E-state index contributed by atoms with van der Waals surface area (Å²) in [6.45, 7) is 18.8. The number of aliphatic hydroxyl groups excluding tert-OH is 1. The number of hydrogen-bond acceptors (Lipinski definition) is 2. The van der Waals surface area contributed by atoms with Crippen molar-refractivity contribution in [1.82, 2.24) is 0 Å². The number of fused-ring (bicyclic) bond motifs is 7. The third-order valence-electron chi connectivity index (χ3n) is 13.5. The molecule has 0 aromatic carbocycles. The van der Waals surface area contributed by atoms with Crippen molar-refractivity contribution in [3.05, 3.63) is 12.2 Å². The van der Waals surface area contributed by atoms with Gasteiger partial charge in [-0.2, -0.15) is 0 Å². The number of carboxylic acids is 1. The van der Waals surface area contributed by atoms with E-state index in [-0.39, 0.29) is 33.7 Å². The van der Waals surface area contributed by atoms with Crippen LogP contribution in [-0.4, -0.2) is 22.3 Å². The maximum atomic E-state index is 12.8. The first-order valence-electron chi connectivity index (χ1n) is 13.8. The maximum Gasteiger partial charge on any atom is 0.309 e. The lowest BCUT2D eigenvalue weighted by Crippen LogP contribution is -2.67. The minimum atomic E-state index is -0.538. The van der Waals surface area contributed by atoms with Crippen molar-refractivity contribution in [2.24, 2.45) is 56.7 Å². The van der Waals surface area contributed by atoms with E-state index in [1.165, 1.54) is 31.3 Å². The number of hydrogen-bond donors (Lipinski definition) is 2. The van der Waals surface area contributed by atoms with Gasteiger partial charge in [0, 0.05) is 0 Å². The smallest absolute Gasteiger partial charge is 0.309 e. The summed E-state index contributed by atoms with van der Waals surface area (Å²) in [4.78, 5) is 12.8. The summed E-state index contributed by atoms with van der Waals surface area (Å²) in [6.07, 6.45) is 10.5. The predicted octanol–water partition coefficient (Wildman–Crippen LogP) is 7.09. The molecule has 0 spiro atoms. The third-order valence-corrected chi connectivity index (χ3v) is 13.5. The first-order chi connectivity index (χ1) is 15.3. The fraction of sp³-hybridized carbons (Fsp3) is 0.900. The molecule has 5 aliphatic rings. The lowest BCUT2D eigenvalue weighted by atomic mass is 9.32. The number of carbonyl (C=O) groups is 1. The number of aliphatic carboxylic acids is 1. The Balaban J connectivity index is 1.57. The van der Waals surface area contributed by atoms with Gasteiger partial charge in [0.1, 0.15) is 0 Å². The lowest BCUT2D eigenvalue weighted by Gasteiger charge is -2.72. The molecule has 5 fully saturated rings. The van der Waals surface area contributed by atoms with Gasteiger partial charge in [-0.1, -0.05) is 46.8 Å². The van der Waals surface area contributed by atoms with Gasteiger partial charge in [0.25, 0.3) is 0 Å². The summed E-state index contributed by atoms with van der Waals surface area (Å²) < 4.78 is 0. The molecule has 5 saturated carbocycles. The molecule has 3 heteroatoms. The summed E-state index contributed by atoms with van der Waals surface area (Å²) in [5, 5.41) is 21.4. The summed E-state index contributed by atoms with van der Waals surface area (Å²) in [7, 11) is 0. The normalized spacial score (nSPS) is 55.0. The summed E-state index contributed by atoms with van der Waals surface area (Å²) in [6, 6.07) is 0. The zero-order chi connectivity index (χ0) is 24.2. The second kappa shape index (κ2) is 7.11. The molecule has 2 N–H and O–H groups in total. The third kappa shape index (κ3) is 2.75. The SMILES string of the molecule is C=C(C)C1CCC2(C(=O)O)CC[C@]3(C)C(CCC4[C@@]5(C)CCC(O)C(C)(C)C5CC[C@]43C)C12. The highest BCUT2D eigenvalue weighted by Crippen LogP contribution is 2.77. The van der Waals surface area contributed by atoms with Crippen molar-refractivity contribution >= 4 is 5.97 Å². The molecule has 3 nitrogen and oxygen atoms in total. The molecular formula is C30H48O3. The molecule has 10 atom stereocenters. The lowest BCUT2D eigenvalue weighted by molar-refractivity contribution is -0.248. The van der Waals surface area contributed by atoms with E-state index in [9.17, 15) is 15.0 Å². The van der Waals surface area contributed by atoms with Crippen LogP contribution in [0, 0.1) is 56.7 Å². The Morgan fingerprint density at radius 1 is 0.818 bits per heavy atom. The molecule has 0 amide bonds. The van der Waals surface area contributed by atoms with Crippen LogP contribution in [0.2, 0.25) is 0 Å². The van der Waals surface area contributed by atoms with E-state index in [4.69, 9.17) is 0 Å². The molecule has 0 aromatic heterocycles. The summed E-state index contributed by atoms with van der Waals surface area (Å²) >= 11 is 0. The van der Waals surface area contributed by atoms with Crippen molar-refractivity contribution in [2.75, 3.05) is 0 Å². The van der Waals surface area contributed by atoms with Gasteiger partial charge in [0.05, 0.1) is 11.5 Å². The van der Waals surface area contributed by atoms with Crippen molar-refractivity contribution in [3.63, 3.8) is 0 Å². The van der Waals surface area contributed by atoms with E-state index >= 15 is 0 Å². The van der Waals surface area contributed by atoms with Gasteiger partial charge >= 0.3 is 5.97 Å². The monoisotopic (exact) mass is 456 g/mol. The summed E-state index contributed by atoms with van der Waals surface area (Å²) in [5.74, 6) is 1.79. The van der Waals surface area contributed by atoms with Gasteiger partial charge in [0.15, 0.2) is 0 Å². The fourth-order valence-corrected chi connectivity index (χ4v) is 11.5. The van der Waals surface area contributed by atoms with Crippen molar-refractivity contribution < 1.29 is 15.0 Å². The van der Waals surface area contributed by atoms with Gasteiger partial charge in [-0.3, -0.25) is 4.79 Å². The van der Waals surface area contributed by atoms with E-state index in [0.717, 1.165) is 38.5 Å². The van der Waals surface area contributed by atoms with E-state index in [1.807, 2.05) is 0 Å². The van der Waals surface area contributed by atoms with Crippen LogP contribution in [0.3, 0.4) is 0 Å². The number of carboxylic acid groups (broad SMARTS) is 1. The highest BCUT2D eigenvalue weighted by atomic mass is 16.4. The molecule has 5 rings (SSSR count). The molecule has 0 saturated heterocycles. The molecule has 0 bridgehead atoms. The molecule has 0 heterocycles. The van der Waals surface area contributed by atoms with Crippen molar-refractivity contribution in [1.29, 1.82) is 0 Å². The molecular weight excluding hydrogens is 408 g/mol. The van der Waals surface area contributed by atoms with E-state index in [0.29, 0.717) is 23.7 Å². The van der Waals surface area contributed by atoms with Crippen molar-refractivity contribution in [2.45, 2.75) is 112 Å². The second-order valence-corrected chi connectivity index (χ2v) is 14.5. The second-order valence-electron chi connectivity index (χ2n) is 14.5. The van der Waals surface area contributed by atoms with Gasteiger partial charge in [-0.05, 0) is 122 Å². The van der Waals surface area contributed by atoms with Crippen LogP contribution in [-0.2, 0) is 4.79 Å². The Morgan fingerprint density at radius 3 is 2.15 bits per heavy atom. The Morgan fingerprint density at radius 2 is 1.52 bits per heavy atom. The summed E-state index contributed by atoms with van der Waals surface area (Å²) in [5.41, 5.74) is 1.35. The Hall–Kier alpha value is -0.830. The first kappa shape index (κ1) is 23.9. The average molecular weight is 457 g/mol. The predicted molar refractivity (Wildman–Crippen MR) is 133 cm³/mol. The molecule has 7 unspecified atom stereocenters. The average Bonchev–Trinajstić information content (AvgIpc) is 3.13. The molecule has 0 aromatic rings. The van der Waals surface area contributed by atoms with Crippen LogP contribution < -0.4 is 0 Å². The fourth-order valence-electron chi connectivity index (χ4n) is 11.5. The van der Waals surface area contributed by atoms with E-state index < -0.39 is 11.4 Å².